The Hall–Kier alpha value is -2.30. The van der Waals surface area contributed by atoms with E-state index in [1.807, 2.05) is 44.4 Å². The van der Waals surface area contributed by atoms with Crippen LogP contribution in [0.15, 0.2) is 23.2 Å². The number of benzene rings is 1. The van der Waals surface area contributed by atoms with Crippen LogP contribution >= 0.6 is 0 Å². The molecule has 25 heavy (non-hydrogen) atoms. The van der Waals surface area contributed by atoms with Crippen LogP contribution < -0.4 is 4.74 Å². The Bertz CT molecular complexity index is 769. The van der Waals surface area contributed by atoms with Gasteiger partial charge in [0.25, 0.3) is 0 Å². The molecule has 0 amide bonds. The van der Waals surface area contributed by atoms with Gasteiger partial charge in [-0.2, -0.15) is 5.10 Å². The number of aromatic nitrogens is 2. The molecule has 0 saturated heterocycles. The molecule has 5 nitrogen and oxygen atoms in total. The first kappa shape index (κ1) is 19.0. The fourth-order valence-electron chi connectivity index (χ4n) is 2.29. The molecular formula is C20H30N4O. The molecule has 0 unspecified atom stereocenters. The largest absolute Gasteiger partial charge is 0.439 e. The van der Waals surface area contributed by atoms with Crippen molar-refractivity contribution in [3.05, 3.63) is 35.0 Å². The Labute approximate surface area is 151 Å². The summed E-state index contributed by atoms with van der Waals surface area (Å²) < 4.78 is 7.93. The van der Waals surface area contributed by atoms with E-state index >= 15 is 0 Å². The van der Waals surface area contributed by atoms with Crippen molar-refractivity contribution in [1.29, 1.82) is 0 Å². The topological polar surface area (TPSA) is 42.6 Å². The molecule has 136 valence electrons. The predicted molar refractivity (Wildman–Crippen MR) is 104 cm³/mol. The number of rotatable bonds is 5. The molecule has 0 atom stereocenters. The highest BCUT2D eigenvalue weighted by Crippen LogP contribution is 2.33. The molecule has 0 saturated carbocycles. The summed E-state index contributed by atoms with van der Waals surface area (Å²) in [6.07, 6.45) is 1.86. The van der Waals surface area contributed by atoms with E-state index < -0.39 is 0 Å². The molecule has 0 aliphatic carbocycles. The Balaban J connectivity index is 2.28. The van der Waals surface area contributed by atoms with E-state index in [1.54, 1.807) is 4.68 Å². The van der Waals surface area contributed by atoms with Crippen LogP contribution in [-0.4, -0.2) is 34.6 Å². The smallest absolute Gasteiger partial charge is 0.217 e. The molecule has 0 radical (unpaired) electrons. The normalized spacial score (nSPS) is 12.0. The van der Waals surface area contributed by atoms with Crippen LogP contribution in [0.2, 0.25) is 0 Å². The number of nitrogens with zero attached hydrogens (tertiary/aromatic N) is 4. The highest BCUT2D eigenvalue weighted by atomic mass is 16.5. The Kier molecular flexibility index (Phi) is 5.55. The van der Waals surface area contributed by atoms with E-state index in [-0.39, 0.29) is 5.41 Å². The Morgan fingerprint density at radius 3 is 2.44 bits per heavy atom. The molecule has 5 heteroatoms. The van der Waals surface area contributed by atoms with Crippen LogP contribution in [0.3, 0.4) is 0 Å². The van der Waals surface area contributed by atoms with Gasteiger partial charge < -0.3 is 9.64 Å². The minimum absolute atomic E-state index is 0.00575. The molecule has 0 aliphatic rings. The maximum Gasteiger partial charge on any atom is 0.217 e. The van der Waals surface area contributed by atoms with E-state index in [0.29, 0.717) is 0 Å². The summed E-state index contributed by atoms with van der Waals surface area (Å²) in [5, 5.41) is 4.57. The summed E-state index contributed by atoms with van der Waals surface area (Å²) in [5.41, 5.74) is 4.11. The standard InChI is InChI=1S/C20H30N4O/c1-9-23(7)13-21-16-10-15(3)17(11-14(16)2)25-19-12-18(20(4,5)6)22-24(19)8/h10-13H,9H2,1-8H3/b21-13+. The summed E-state index contributed by atoms with van der Waals surface area (Å²) in [7, 11) is 3.92. The van der Waals surface area contributed by atoms with Crippen molar-refractivity contribution in [3.63, 3.8) is 0 Å². The number of hydrogen-bond donors (Lipinski definition) is 0. The molecule has 1 aromatic carbocycles. The van der Waals surface area contributed by atoms with Crippen LogP contribution in [-0.2, 0) is 12.5 Å². The fraction of sp³-hybridized carbons (Fsp3) is 0.500. The minimum Gasteiger partial charge on any atom is -0.439 e. The molecule has 1 heterocycles. The third kappa shape index (κ3) is 4.62. The number of aliphatic imine (C=N–C) groups is 1. The zero-order valence-electron chi connectivity index (χ0n) is 16.7. The molecule has 0 fully saturated rings. The van der Waals surface area contributed by atoms with Gasteiger partial charge in [0, 0.05) is 32.1 Å². The molecule has 1 aromatic heterocycles. The molecule has 2 rings (SSSR count). The average Bonchev–Trinajstić information content (AvgIpc) is 2.90. The summed E-state index contributed by atoms with van der Waals surface area (Å²) in [6.45, 7) is 13.6. The molecule has 2 aromatic rings. The highest BCUT2D eigenvalue weighted by Gasteiger charge is 2.20. The van der Waals surface area contributed by atoms with Crippen LogP contribution in [0.5, 0.6) is 11.6 Å². The molecule has 0 bridgehead atoms. The first-order valence-electron chi connectivity index (χ1n) is 8.70. The van der Waals surface area contributed by atoms with E-state index in [2.05, 4.69) is 50.8 Å². The monoisotopic (exact) mass is 342 g/mol. The lowest BCUT2D eigenvalue weighted by molar-refractivity contribution is 0.427. The second-order valence-corrected chi connectivity index (χ2v) is 7.57. The second-order valence-electron chi connectivity index (χ2n) is 7.57. The molecular weight excluding hydrogens is 312 g/mol. The van der Waals surface area contributed by atoms with Crippen molar-refractivity contribution in [2.24, 2.45) is 12.0 Å². The van der Waals surface area contributed by atoms with Crippen molar-refractivity contribution in [1.82, 2.24) is 14.7 Å². The van der Waals surface area contributed by atoms with Gasteiger partial charge in [-0.05, 0) is 44.0 Å². The van der Waals surface area contributed by atoms with Gasteiger partial charge >= 0.3 is 0 Å². The summed E-state index contributed by atoms with van der Waals surface area (Å²) >= 11 is 0. The SMILES string of the molecule is CCN(C)/C=N/c1cc(C)c(Oc2cc(C(C)(C)C)nn2C)cc1C. The second kappa shape index (κ2) is 7.30. The molecule has 0 spiro atoms. The van der Waals surface area contributed by atoms with Crippen molar-refractivity contribution in [2.75, 3.05) is 13.6 Å². The predicted octanol–water partition coefficient (Wildman–Crippen LogP) is 4.74. The number of aryl methyl sites for hydroxylation is 3. The quantitative estimate of drug-likeness (QED) is 0.582. The van der Waals surface area contributed by atoms with Crippen LogP contribution in [0.25, 0.3) is 0 Å². The van der Waals surface area contributed by atoms with Gasteiger partial charge in [-0.1, -0.05) is 20.8 Å². The van der Waals surface area contributed by atoms with E-state index in [1.165, 1.54) is 0 Å². The van der Waals surface area contributed by atoms with E-state index in [9.17, 15) is 0 Å². The van der Waals surface area contributed by atoms with Crippen molar-refractivity contribution in [2.45, 2.75) is 47.0 Å². The van der Waals surface area contributed by atoms with Gasteiger partial charge in [0.2, 0.25) is 5.88 Å². The van der Waals surface area contributed by atoms with Gasteiger partial charge in [0.15, 0.2) is 0 Å². The number of hydrogen-bond acceptors (Lipinski definition) is 3. The van der Waals surface area contributed by atoms with Crippen molar-refractivity contribution in [3.8, 4) is 11.6 Å². The lowest BCUT2D eigenvalue weighted by Gasteiger charge is -2.13. The number of ether oxygens (including phenoxy) is 1. The third-order valence-electron chi connectivity index (χ3n) is 4.21. The highest BCUT2D eigenvalue weighted by molar-refractivity contribution is 5.64. The Morgan fingerprint density at radius 2 is 1.88 bits per heavy atom. The zero-order valence-corrected chi connectivity index (χ0v) is 16.7. The third-order valence-corrected chi connectivity index (χ3v) is 4.21. The lowest BCUT2D eigenvalue weighted by Crippen LogP contribution is -2.14. The summed E-state index contributed by atoms with van der Waals surface area (Å²) in [5.74, 6) is 1.58. The van der Waals surface area contributed by atoms with Gasteiger partial charge in [0.1, 0.15) is 5.75 Å². The first-order valence-corrected chi connectivity index (χ1v) is 8.70. The van der Waals surface area contributed by atoms with Crippen LogP contribution in [0.1, 0.15) is 44.5 Å². The first-order chi connectivity index (χ1) is 11.6. The van der Waals surface area contributed by atoms with Gasteiger partial charge in [-0.15, -0.1) is 0 Å². The molecule has 0 aliphatic heterocycles. The van der Waals surface area contributed by atoms with Gasteiger partial charge in [0.05, 0.1) is 17.7 Å². The lowest BCUT2D eigenvalue weighted by atomic mass is 9.93. The van der Waals surface area contributed by atoms with Gasteiger partial charge in [-0.25, -0.2) is 9.67 Å². The van der Waals surface area contributed by atoms with Crippen molar-refractivity contribution >= 4 is 12.0 Å². The van der Waals surface area contributed by atoms with Crippen molar-refractivity contribution < 1.29 is 4.74 Å². The van der Waals surface area contributed by atoms with E-state index in [4.69, 9.17) is 4.74 Å². The Morgan fingerprint density at radius 1 is 1.20 bits per heavy atom. The van der Waals surface area contributed by atoms with Crippen LogP contribution in [0, 0.1) is 13.8 Å². The summed E-state index contributed by atoms with van der Waals surface area (Å²) in [6, 6.07) is 6.11. The van der Waals surface area contributed by atoms with Crippen LogP contribution in [0.4, 0.5) is 5.69 Å². The average molecular weight is 342 g/mol. The fourth-order valence-corrected chi connectivity index (χ4v) is 2.29. The maximum absolute atomic E-state index is 6.14. The maximum atomic E-state index is 6.14. The van der Waals surface area contributed by atoms with Gasteiger partial charge in [-0.3, -0.25) is 0 Å². The van der Waals surface area contributed by atoms with E-state index in [0.717, 1.165) is 40.7 Å². The minimum atomic E-state index is -0.00575. The molecule has 0 N–H and O–H groups in total. The zero-order chi connectivity index (χ0) is 18.8. The summed E-state index contributed by atoms with van der Waals surface area (Å²) in [4.78, 5) is 6.61.